The molecule has 0 radical (unpaired) electrons. The number of likely N-dealkylation sites (tertiary alicyclic amines) is 1. The van der Waals surface area contributed by atoms with E-state index in [9.17, 15) is 0 Å². The lowest BCUT2D eigenvalue weighted by Gasteiger charge is -2.33. The molecule has 2 aliphatic rings. The number of quaternary nitrogens is 1. The Morgan fingerprint density at radius 2 is 1.53 bits per heavy atom. The minimum atomic E-state index is 0.298. The molecule has 3 atom stereocenters. The standard InChI is InChI=1S/C27H27N3/c1-29-27(23-15-9-4-10-16-23)25-20-30(18-22-13-7-3-8-14-22)19-24(26(25)28-29)17-21-11-5-2-6-12-21/h2-17,25,27H,18-20H2,1H3/p+1/t25-,27+/m1/s1. The van der Waals surface area contributed by atoms with E-state index in [-0.39, 0.29) is 0 Å². The number of hydrazone groups is 1. The Bertz CT molecular complexity index is 1040. The van der Waals surface area contributed by atoms with Crippen molar-refractivity contribution in [3.8, 4) is 0 Å². The quantitative estimate of drug-likeness (QED) is 0.713. The van der Waals surface area contributed by atoms with Gasteiger partial charge in [0.05, 0.1) is 24.2 Å². The highest BCUT2D eigenvalue weighted by Crippen LogP contribution is 2.37. The Morgan fingerprint density at radius 3 is 2.23 bits per heavy atom. The maximum absolute atomic E-state index is 5.06. The van der Waals surface area contributed by atoms with Crippen LogP contribution < -0.4 is 4.90 Å². The zero-order valence-electron chi connectivity index (χ0n) is 17.4. The third-order valence-electron chi connectivity index (χ3n) is 6.26. The first kappa shape index (κ1) is 18.8. The van der Waals surface area contributed by atoms with Crippen LogP contribution in [0, 0.1) is 5.92 Å². The summed E-state index contributed by atoms with van der Waals surface area (Å²) in [5.74, 6) is 0.403. The van der Waals surface area contributed by atoms with Crippen LogP contribution in [-0.4, -0.2) is 30.9 Å². The van der Waals surface area contributed by atoms with E-state index in [1.165, 1.54) is 28.0 Å². The smallest absolute Gasteiger partial charge is 0.105 e. The van der Waals surface area contributed by atoms with Gasteiger partial charge in [-0.15, -0.1) is 0 Å². The van der Waals surface area contributed by atoms with Crippen LogP contribution >= 0.6 is 0 Å². The van der Waals surface area contributed by atoms with Gasteiger partial charge in [-0.2, -0.15) is 5.10 Å². The van der Waals surface area contributed by atoms with Crippen LogP contribution in [0.1, 0.15) is 22.7 Å². The molecular formula is C27H28N3+. The Labute approximate surface area is 179 Å². The number of rotatable bonds is 4. The average Bonchev–Trinajstić information content (AvgIpc) is 3.12. The molecule has 2 aliphatic heterocycles. The predicted octanol–water partition coefficient (Wildman–Crippen LogP) is 3.83. The number of nitrogens with one attached hydrogen (secondary N) is 1. The summed E-state index contributed by atoms with van der Waals surface area (Å²) in [6.45, 7) is 3.15. The fourth-order valence-corrected chi connectivity index (χ4v) is 4.96. The summed E-state index contributed by atoms with van der Waals surface area (Å²) in [5.41, 5.74) is 6.64. The lowest BCUT2D eigenvalue weighted by Crippen LogP contribution is -3.13. The molecule has 30 heavy (non-hydrogen) atoms. The van der Waals surface area contributed by atoms with Gasteiger partial charge in [-0.3, -0.25) is 5.01 Å². The van der Waals surface area contributed by atoms with Gasteiger partial charge in [0.2, 0.25) is 0 Å². The van der Waals surface area contributed by atoms with E-state index in [0.29, 0.717) is 12.0 Å². The number of nitrogens with zero attached hydrogens (tertiary/aromatic N) is 2. The fourth-order valence-electron chi connectivity index (χ4n) is 4.96. The summed E-state index contributed by atoms with van der Waals surface area (Å²) < 4.78 is 0. The largest absolute Gasteiger partial charge is 0.327 e. The highest BCUT2D eigenvalue weighted by atomic mass is 15.5. The van der Waals surface area contributed by atoms with E-state index < -0.39 is 0 Å². The molecule has 3 aromatic rings. The summed E-state index contributed by atoms with van der Waals surface area (Å²) in [6.07, 6.45) is 2.34. The van der Waals surface area contributed by atoms with E-state index in [1.807, 2.05) is 0 Å². The number of hydrogen-bond acceptors (Lipinski definition) is 2. The van der Waals surface area contributed by atoms with Crippen LogP contribution in [0.4, 0.5) is 0 Å². The summed E-state index contributed by atoms with van der Waals surface area (Å²) >= 11 is 0. The molecule has 0 spiro atoms. The molecule has 1 fully saturated rings. The third kappa shape index (κ3) is 3.81. The zero-order chi connectivity index (χ0) is 20.3. The van der Waals surface area contributed by atoms with E-state index >= 15 is 0 Å². The highest BCUT2D eigenvalue weighted by molar-refractivity contribution is 6.07. The van der Waals surface area contributed by atoms with E-state index in [0.717, 1.165) is 19.6 Å². The van der Waals surface area contributed by atoms with Crippen molar-refractivity contribution < 1.29 is 4.90 Å². The molecule has 1 saturated heterocycles. The SMILES string of the molecule is CN1N=C2C(=Cc3ccccc3)C[NH+](Cc3ccccc3)C[C@H]2[C@@H]1c1ccccc1. The van der Waals surface area contributed by atoms with Crippen molar-refractivity contribution in [2.24, 2.45) is 11.0 Å². The van der Waals surface area contributed by atoms with Gasteiger partial charge in [0, 0.05) is 18.2 Å². The molecule has 3 nitrogen and oxygen atoms in total. The van der Waals surface area contributed by atoms with Gasteiger partial charge >= 0.3 is 0 Å². The second-order valence-electron chi connectivity index (χ2n) is 8.39. The highest BCUT2D eigenvalue weighted by Gasteiger charge is 2.44. The van der Waals surface area contributed by atoms with Crippen molar-refractivity contribution in [1.29, 1.82) is 0 Å². The predicted molar refractivity (Wildman–Crippen MR) is 123 cm³/mol. The van der Waals surface area contributed by atoms with Gasteiger partial charge in [0.15, 0.2) is 0 Å². The third-order valence-corrected chi connectivity index (χ3v) is 6.26. The van der Waals surface area contributed by atoms with Crippen molar-refractivity contribution >= 4 is 11.8 Å². The molecular weight excluding hydrogens is 366 g/mol. The summed E-state index contributed by atoms with van der Waals surface area (Å²) in [7, 11) is 2.12. The van der Waals surface area contributed by atoms with Gasteiger partial charge in [0.1, 0.15) is 13.1 Å². The van der Waals surface area contributed by atoms with Crippen LogP contribution in [0.5, 0.6) is 0 Å². The monoisotopic (exact) mass is 394 g/mol. The van der Waals surface area contributed by atoms with Crippen LogP contribution in [0.2, 0.25) is 0 Å². The van der Waals surface area contributed by atoms with Gasteiger partial charge in [-0.1, -0.05) is 91.0 Å². The molecule has 0 saturated carbocycles. The second kappa shape index (κ2) is 8.29. The molecule has 150 valence electrons. The minimum absolute atomic E-state index is 0.298. The first-order chi connectivity index (χ1) is 14.8. The van der Waals surface area contributed by atoms with Gasteiger partial charge in [-0.05, 0) is 17.2 Å². The Kier molecular flexibility index (Phi) is 5.20. The van der Waals surface area contributed by atoms with Crippen LogP contribution in [-0.2, 0) is 6.54 Å². The number of benzene rings is 3. The van der Waals surface area contributed by atoms with Crippen LogP contribution in [0.25, 0.3) is 6.08 Å². The average molecular weight is 395 g/mol. The molecule has 0 amide bonds. The minimum Gasteiger partial charge on any atom is -0.327 e. The number of piperidine rings is 1. The molecule has 2 heterocycles. The first-order valence-corrected chi connectivity index (χ1v) is 10.8. The van der Waals surface area contributed by atoms with Crippen LogP contribution in [0.15, 0.2) is 102 Å². The normalized spacial score (nSPS) is 24.6. The number of fused-ring (bicyclic) bond motifs is 1. The van der Waals surface area contributed by atoms with E-state index in [1.54, 1.807) is 4.90 Å². The van der Waals surface area contributed by atoms with Crippen LogP contribution in [0.3, 0.4) is 0 Å². The van der Waals surface area contributed by atoms with Gasteiger partial charge in [-0.25, -0.2) is 0 Å². The van der Waals surface area contributed by atoms with Crippen molar-refractivity contribution in [2.45, 2.75) is 12.6 Å². The molecule has 5 rings (SSSR count). The lowest BCUT2D eigenvalue weighted by atomic mass is 9.83. The number of hydrogen-bond donors (Lipinski definition) is 1. The zero-order valence-corrected chi connectivity index (χ0v) is 17.4. The Morgan fingerprint density at radius 1 is 0.900 bits per heavy atom. The second-order valence-corrected chi connectivity index (χ2v) is 8.39. The van der Waals surface area contributed by atoms with Gasteiger partial charge in [0.25, 0.3) is 0 Å². The molecule has 1 N–H and O–H groups in total. The van der Waals surface area contributed by atoms with Crippen molar-refractivity contribution in [1.82, 2.24) is 5.01 Å². The molecule has 0 aliphatic carbocycles. The first-order valence-electron chi connectivity index (χ1n) is 10.8. The molecule has 0 bridgehead atoms. The summed E-state index contributed by atoms with van der Waals surface area (Å²) in [6, 6.07) is 32.7. The molecule has 3 aromatic carbocycles. The fraction of sp³-hybridized carbons (Fsp3) is 0.222. The molecule has 1 unspecified atom stereocenters. The Hall–Kier alpha value is -3.17. The van der Waals surface area contributed by atoms with E-state index in [4.69, 9.17) is 5.10 Å². The lowest BCUT2D eigenvalue weighted by molar-refractivity contribution is -0.913. The van der Waals surface area contributed by atoms with Crippen molar-refractivity contribution in [3.05, 3.63) is 113 Å². The summed E-state index contributed by atoms with van der Waals surface area (Å²) in [5, 5.41) is 7.24. The van der Waals surface area contributed by atoms with Crippen molar-refractivity contribution in [3.63, 3.8) is 0 Å². The molecule has 0 aromatic heterocycles. The van der Waals surface area contributed by atoms with Gasteiger partial charge < -0.3 is 4.90 Å². The van der Waals surface area contributed by atoms with E-state index in [2.05, 4.69) is 109 Å². The maximum atomic E-state index is 5.06. The Balaban J connectivity index is 1.51. The molecule has 3 heteroatoms. The maximum Gasteiger partial charge on any atom is 0.105 e. The summed E-state index contributed by atoms with van der Waals surface area (Å²) in [4.78, 5) is 1.60. The topological polar surface area (TPSA) is 20.0 Å². The van der Waals surface area contributed by atoms with Crippen molar-refractivity contribution in [2.75, 3.05) is 20.1 Å².